The SMILES string of the molecule is CN=C(NCCCOC)NCc1cccc(F)c1. The molecule has 2 N–H and O–H groups in total. The molecule has 0 radical (unpaired) electrons. The van der Waals surface area contributed by atoms with Crippen molar-refractivity contribution in [2.24, 2.45) is 4.99 Å². The summed E-state index contributed by atoms with van der Waals surface area (Å²) in [5.74, 6) is 0.479. The molecule has 5 heteroatoms. The van der Waals surface area contributed by atoms with E-state index in [1.807, 2.05) is 6.07 Å². The van der Waals surface area contributed by atoms with Crippen molar-refractivity contribution in [3.63, 3.8) is 0 Å². The van der Waals surface area contributed by atoms with Crippen molar-refractivity contribution in [1.29, 1.82) is 0 Å². The number of guanidine groups is 1. The number of halogens is 1. The van der Waals surface area contributed by atoms with Gasteiger partial charge in [-0.25, -0.2) is 4.39 Å². The molecule has 0 aliphatic heterocycles. The average Bonchev–Trinajstić information content (AvgIpc) is 2.38. The Balaban J connectivity index is 2.31. The van der Waals surface area contributed by atoms with Crippen molar-refractivity contribution in [3.8, 4) is 0 Å². The van der Waals surface area contributed by atoms with E-state index in [-0.39, 0.29) is 5.82 Å². The van der Waals surface area contributed by atoms with Gasteiger partial charge in [-0.05, 0) is 24.1 Å². The van der Waals surface area contributed by atoms with Gasteiger partial charge in [-0.1, -0.05) is 12.1 Å². The third-order valence-electron chi connectivity index (χ3n) is 2.39. The van der Waals surface area contributed by atoms with Gasteiger partial charge in [0.25, 0.3) is 0 Å². The lowest BCUT2D eigenvalue weighted by molar-refractivity contribution is 0.195. The Kier molecular flexibility index (Phi) is 6.79. The number of aliphatic imine (C=N–C) groups is 1. The number of nitrogens with one attached hydrogen (secondary N) is 2. The molecule has 0 unspecified atom stereocenters. The highest BCUT2D eigenvalue weighted by Gasteiger charge is 1.98. The molecule has 0 heterocycles. The Labute approximate surface area is 107 Å². The maximum absolute atomic E-state index is 13.0. The molecule has 0 atom stereocenters. The van der Waals surface area contributed by atoms with Crippen LogP contribution in [0.1, 0.15) is 12.0 Å². The Morgan fingerprint density at radius 1 is 1.39 bits per heavy atom. The third kappa shape index (κ3) is 5.63. The van der Waals surface area contributed by atoms with Crippen LogP contribution in [-0.4, -0.2) is 33.3 Å². The summed E-state index contributed by atoms with van der Waals surface area (Å²) in [6.07, 6.45) is 0.914. The number of ether oxygens (including phenoxy) is 1. The Hall–Kier alpha value is -1.62. The molecule has 1 aromatic carbocycles. The second kappa shape index (κ2) is 8.47. The van der Waals surface area contributed by atoms with Gasteiger partial charge in [0.15, 0.2) is 5.96 Å². The van der Waals surface area contributed by atoms with Gasteiger partial charge in [-0.2, -0.15) is 0 Å². The molecule has 0 aromatic heterocycles. The van der Waals surface area contributed by atoms with Crippen LogP contribution in [0.2, 0.25) is 0 Å². The van der Waals surface area contributed by atoms with Crippen LogP contribution in [0.4, 0.5) is 4.39 Å². The third-order valence-corrected chi connectivity index (χ3v) is 2.39. The summed E-state index contributed by atoms with van der Waals surface area (Å²) in [6.45, 7) is 2.05. The van der Waals surface area contributed by atoms with Crippen molar-refractivity contribution >= 4 is 5.96 Å². The van der Waals surface area contributed by atoms with E-state index in [0.29, 0.717) is 19.1 Å². The zero-order chi connectivity index (χ0) is 13.2. The van der Waals surface area contributed by atoms with Gasteiger partial charge in [0.1, 0.15) is 5.82 Å². The zero-order valence-electron chi connectivity index (χ0n) is 10.9. The van der Waals surface area contributed by atoms with Crippen molar-refractivity contribution in [1.82, 2.24) is 10.6 Å². The van der Waals surface area contributed by atoms with Gasteiger partial charge in [0, 0.05) is 33.9 Å². The molecule has 0 fully saturated rings. The molecule has 0 spiro atoms. The molecule has 0 saturated heterocycles. The van der Waals surface area contributed by atoms with Gasteiger partial charge < -0.3 is 15.4 Å². The normalized spacial score (nSPS) is 11.4. The fourth-order valence-electron chi connectivity index (χ4n) is 1.48. The highest BCUT2D eigenvalue weighted by Crippen LogP contribution is 2.02. The predicted octanol–water partition coefficient (Wildman–Crippen LogP) is 1.53. The maximum atomic E-state index is 13.0. The van der Waals surface area contributed by atoms with Gasteiger partial charge >= 0.3 is 0 Å². The number of hydrogen-bond donors (Lipinski definition) is 2. The first-order chi connectivity index (χ1) is 8.76. The van der Waals surface area contributed by atoms with Crippen LogP contribution >= 0.6 is 0 Å². The van der Waals surface area contributed by atoms with Crippen LogP contribution in [0.25, 0.3) is 0 Å². The summed E-state index contributed by atoms with van der Waals surface area (Å²) in [6, 6.07) is 6.50. The lowest BCUT2D eigenvalue weighted by Crippen LogP contribution is -2.37. The fraction of sp³-hybridized carbons (Fsp3) is 0.462. The summed E-state index contributed by atoms with van der Waals surface area (Å²) in [4.78, 5) is 4.08. The van der Waals surface area contributed by atoms with Crippen molar-refractivity contribution in [2.45, 2.75) is 13.0 Å². The maximum Gasteiger partial charge on any atom is 0.191 e. The average molecular weight is 253 g/mol. The summed E-state index contributed by atoms with van der Waals surface area (Å²) in [5, 5.41) is 6.28. The smallest absolute Gasteiger partial charge is 0.191 e. The predicted molar refractivity (Wildman–Crippen MR) is 71.1 cm³/mol. The summed E-state index contributed by atoms with van der Waals surface area (Å²) in [5.41, 5.74) is 0.884. The number of hydrogen-bond acceptors (Lipinski definition) is 2. The minimum atomic E-state index is -0.225. The van der Waals surface area contributed by atoms with Crippen molar-refractivity contribution in [2.75, 3.05) is 27.3 Å². The van der Waals surface area contributed by atoms with E-state index in [1.165, 1.54) is 12.1 Å². The van der Waals surface area contributed by atoms with Gasteiger partial charge in [-0.15, -0.1) is 0 Å². The quantitative estimate of drug-likeness (QED) is 0.459. The molecule has 1 aromatic rings. The molecule has 0 aliphatic carbocycles. The van der Waals surface area contributed by atoms with E-state index in [4.69, 9.17) is 4.74 Å². The monoisotopic (exact) mass is 253 g/mol. The number of benzene rings is 1. The Bertz CT molecular complexity index is 382. The van der Waals surface area contributed by atoms with E-state index in [2.05, 4.69) is 15.6 Å². The first kappa shape index (κ1) is 14.4. The van der Waals surface area contributed by atoms with E-state index >= 15 is 0 Å². The van der Waals surface area contributed by atoms with E-state index < -0.39 is 0 Å². The molecule has 0 amide bonds. The van der Waals surface area contributed by atoms with Crippen LogP contribution in [-0.2, 0) is 11.3 Å². The largest absolute Gasteiger partial charge is 0.385 e. The highest BCUT2D eigenvalue weighted by atomic mass is 19.1. The van der Waals surface area contributed by atoms with Crippen molar-refractivity contribution < 1.29 is 9.13 Å². The van der Waals surface area contributed by atoms with Crippen LogP contribution in [0.5, 0.6) is 0 Å². The molecule has 0 aliphatic rings. The lowest BCUT2D eigenvalue weighted by Gasteiger charge is -2.11. The first-order valence-corrected chi connectivity index (χ1v) is 5.94. The molecule has 100 valence electrons. The Morgan fingerprint density at radius 2 is 2.22 bits per heavy atom. The first-order valence-electron chi connectivity index (χ1n) is 5.94. The van der Waals surface area contributed by atoms with E-state index in [9.17, 15) is 4.39 Å². The molecule has 0 saturated carbocycles. The minimum Gasteiger partial charge on any atom is -0.385 e. The van der Waals surface area contributed by atoms with Gasteiger partial charge in [-0.3, -0.25) is 4.99 Å². The lowest BCUT2D eigenvalue weighted by atomic mass is 10.2. The minimum absolute atomic E-state index is 0.225. The number of nitrogens with zero attached hydrogens (tertiary/aromatic N) is 1. The van der Waals surface area contributed by atoms with Crippen molar-refractivity contribution in [3.05, 3.63) is 35.6 Å². The van der Waals surface area contributed by atoms with Crippen LogP contribution < -0.4 is 10.6 Å². The number of methoxy groups -OCH3 is 1. The second-order valence-corrected chi connectivity index (χ2v) is 3.83. The summed E-state index contributed by atoms with van der Waals surface area (Å²) in [7, 11) is 3.38. The van der Waals surface area contributed by atoms with Crippen LogP contribution in [0.15, 0.2) is 29.3 Å². The van der Waals surface area contributed by atoms with E-state index in [1.54, 1.807) is 20.2 Å². The zero-order valence-corrected chi connectivity index (χ0v) is 10.9. The van der Waals surface area contributed by atoms with E-state index in [0.717, 1.165) is 18.5 Å². The summed E-state index contributed by atoms with van der Waals surface area (Å²) >= 11 is 0. The molecule has 18 heavy (non-hydrogen) atoms. The molecule has 4 nitrogen and oxygen atoms in total. The topological polar surface area (TPSA) is 45.7 Å². The van der Waals surface area contributed by atoms with Crippen LogP contribution in [0, 0.1) is 5.82 Å². The molecule has 0 bridgehead atoms. The molecular formula is C13H20FN3O. The fourth-order valence-corrected chi connectivity index (χ4v) is 1.48. The molecular weight excluding hydrogens is 233 g/mol. The standard InChI is InChI=1S/C13H20FN3O/c1-15-13(16-7-4-8-18-2)17-10-11-5-3-6-12(14)9-11/h3,5-6,9H,4,7-8,10H2,1-2H3,(H2,15,16,17). The molecule has 1 rings (SSSR count). The Morgan fingerprint density at radius 3 is 2.89 bits per heavy atom. The summed E-state index contributed by atoms with van der Waals surface area (Å²) < 4.78 is 17.9. The highest BCUT2D eigenvalue weighted by molar-refractivity contribution is 5.79. The van der Waals surface area contributed by atoms with Crippen LogP contribution in [0.3, 0.4) is 0 Å². The second-order valence-electron chi connectivity index (χ2n) is 3.83. The van der Waals surface area contributed by atoms with Gasteiger partial charge in [0.05, 0.1) is 0 Å². The number of rotatable bonds is 6. The van der Waals surface area contributed by atoms with Gasteiger partial charge in [0.2, 0.25) is 0 Å².